The Kier molecular flexibility index (Phi) is 3.89. The van der Waals surface area contributed by atoms with E-state index in [4.69, 9.17) is 0 Å². The van der Waals surface area contributed by atoms with Crippen molar-refractivity contribution in [1.29, 1.82) is 0 Å². The van der Waals surface area contributed by atoms with Crippen molar-refractivity contribution in [2.45, 2.75) is 19.4 Å². The molecule has 1 atom stereocenters. The van der Waals surface area contributed by atoms with Gasteiger partial charge in [0.05, 0.1) is 0 Å². The predicted octanol–water partition coefficient (Wildman–Crippen LogP) is 2.77. The molecule has 0 aliphatic heterocycles. The van der Waals surface area contributed by atoms with Gasteiger partial charge in [-0.05, 0) is 18.6 Å². The number of hydrogen-bond acceptors (Lipinski definition) is 4. The monoisotopic (exact) mass is 284 g/mol. The highest BCUT2D eigenvalue weighted by Gasteiger charge is 2.33. The van der Waals surface area contributed by atoms with Crippen LogP contribution in [-0.4, -0.2) is 21.4 Å². The molecular weight excluding hydrogens is 273 g/mol. The number of aryl methyl sites for hydroxylation is 1. The minimum Gasteiger partial charge on any atom is -0.405 e. The lowest BCUT2D eigenvalue weighted by Gasteiger charge is -2.16. The number of alkyl halides is 3. The molecule has 0 saturated heterocycles. The lowest BCUT2D eigenvalue weighted by atomic mass is 10.1. The van der Waals surface area contributed by atoms with Crippen molar-refractivity contribution in [3.8, 4) is 5.75 Å². The number of aromatic nitrogens is 2. The summed E-state index contributed by atoms with van der Waals surface area (Å²) in [6.07, 6.45) is -3.28. The minimum absolute atomic E-state index is 0.00817. The second-order valence-electron chi connectivity index (χ2n) is 4.11. The van der Waals surface area contributed by atoms with Gasteiger partial charge in [0.2, 0.25) is 0 Å². The average molecular weight is 284 g/mol. The topological polar surface area (TPSA) is 55.2 Å². The molecule has 20 heavy (non-hydrogen) atoms. The van der Waals surface area contributed by atoms with Crippen molar-refractivity contribution in [3.63, 3.8) is 0 Å². The van der Waals surface area contributed by atoms with Crippen molar-refractivity contribution < 1.29 is 23.0 Å². The number of rotatable bonds is 3. The molecule has 0 saturated carbocycles. The number of ether oxygens (including phenoxy) is 1. The second-order valence-corrected chi connectivity index (χ2v) is 4.11. The van der Waals surface area contributed by atoms with E-state index in [1.807, 2.05) is 0 Å². The Hall–Kier alpha value is -2.15. The number of aliphatic hydroxyl groups excluding tert-OH is 1. The molecule has 2 aromatic rings. The molecule has 1 aromatic carbocycles. The minimum atomic E-state index is -4.83. The summed E-state index contributed by atoms with van der Waals surface area (Å²) >= 11 is 0. The molecule has 1 unspecified atom stereocenters. The SMILES string of the molecule is Cc1cnc(C(O)c2ccccc2OC(F)(F)F)nc1. The lowest BCUT2D eigenvalue weighted by Crippen LogP contribution is -2.19. The number of halogens is 3. The van der Waals surface area contributed by atoms with Gasteiger partial charge in [-0.1, -0.05) is 18.2 Å². The van der Waals surface area contributed by atoms with Crippen molar-refractivity contribution >= 4 is 0 Å². The number of aliphatic hydroxyl groups is 1. The van der Waals surface area contributed by atoms with Crippen LogP contribution in [0.5, 0.6) is 5.75 Å². The van der Waals surface area contributed by atoms with Crippen LogP contribution in [0.3, 0.4) is 0 Å². The van der Waals surface area contributed by atoms with E-state index in [1.165, 1.54) is 30.6 Å². The molecule has 106 valence electrons. The van der Waals surface area contributed by atoms with Crippen LogP contribution < -0.4 is 4.74 Å². The third-order valence-corrected chi connectivity index (χ3v) is 2.48. The van der Waals surface area contributed by atoms with Crippen LogP contribution >= 0.6 is 0 Å². The van der Waals surface area contributed by atoms with Crippen LogP contribution in [0.2, 0.25) is 0 Å². The van der Waals surface area contributed by atoms with Crippen molar-refractivity contribution in [1.82, 2.24) is 9.97 Å². The molecule has 2 rings (SSSR count). The molecular formula is C13H11F3N2O2. The second kappa shape index (κ2) is 5.46. The highest BCUT2D eigenvalue weighted by molar-refractivity contribution is 5.37. The maximum Gasteiger partial charge on any atom is 0.573 e. The highest BCUT2D eigenvalue weighted by atomic mass is 19.4. The highest BCUT2D eigenvalue weighted by Crippen LogP contribution is 2.32. The molecule has 0 aliphatic carbocycles. The fourth-order valence-corrected chi connectivity index (χ4v) is 1.61. The van der Waals surface area contributed by atoms with E-state index < -0.39 is 18.2 Å². The van der Waals surface area contributed by atoms with E-state index >= 15 is 0 Å². The third-order valence-electron chi connectivity index (χ3n) is 2.48. The zero-order chi connectivity index (χ0) is 14.8. The molecule has 0 spiro atoms. The van der Waals surface area contributed by atoms with Crippen LogP contribution in [0.4, 0.5) is 13.2 Å². The van der Waals surface area contributed by atoms with E-state index in [2.05, 4.69) is 14.7 Å². The van der Waals surface area contributed by atoms with Gasteiger partial charge in [-0.3, -0.25) is 0 Å². The van der Waals surface area contributed by atoms with Crippen molar-refractivity contribution in [3.05, 3.63) is 53.6 Å². The molecule has 4 nitrogen and oxygen atoms in total. The normalized spacial score (nSPS) is 13.1. The first-order chi connectivity index (χ1) is 9.37. The molecule has 1 N–H and O–H groups in total. The predicted molar refractivity (Wildman–Crippen MR) is 64.0 cm³/mol. The van der Waals surface area contributed by atoms with Crippen molar-refractivity contribution in [2.75, 3.05) is 0 Å². The first-order valence-corrected chi connectivity index (χ1v) is 5.68. The largest absolute Gasteiger partial charge is 0.573 e. The summed E-state index contributed by atoms with van der Waals surface area (Å²) in [5, 5.41) is 10.1. The van der Waals surface area contributed by atoms with Gasteiger partial charge in [0.15, 0.2) is 5.82 Å². The van der Waals surface area contributed by atoms with Gasteiger partial charge in [-0.15, -0.1) is 13.2 Å². The molecule has 1 aromatic heterocycles. The number of hydrogen-bond donors (Lipinski definition) is 1. The summed E-state index contributed by atoms with van der Waals surface area (Å²) < 4.78 is 40.8. The summed E-state index contributed by atoms with van der Waals surface area (Å²) in [7, 11) is 0. The fourth-order valence-electron chi connectivity index (χ4n) is 1.61. The zero-order valence-electron chi connectivity index (χ0n) is 10.4. The molecule has 0 aliphatic rings. The Balaban J connectivity index is 2.34. The Morgan fingerprint density at radius 3 is 2.35 bits per heavy atom. The molecule has 7 heteroatoms. The first kappa shape index (κ1) is 14.3. The average Bonchev–Trinajstić information content (AvgIpc) is 2.37. The molecule has 0 radical (unpaired) electrons. The van der Waals surface area contributed by atoms with Gasteiger partial charge in [-0.25, -0.2) is 9.97 Å². The quantitative estimate of drug-likeness (QED) is 0.941. The van der Waals surface area contributed by atoms with E-state index in [-0.39, 0.29) is 11.4 Å². The maximum atomic E-state index is 12.3. The third kappa shape index (κ3) is 3.45. The molecule has 0 fully saturated rings. The molecule has 0 bridgehead atoms. The summed E-state index contributed by atoms with van der Waals surface area (Å²) in [6, 6.07) is 5.33. The van der Waals surface area contributed by atoms with E-state index in [0.29, 0.717) is 0 Å². The van der Waals surface area contributed by atoms with Crippen LogP contribution in [0.1, 0.15) is 23.1 Å². The standard InChI is InChI=1S/C13H11F3N2O2/c1-8-6-17-12(18-7-8)11(19)9-4-2-3-5-10(9)20-13(14,15)16/h2-7,11,19H,1H3. The maximum absolute atomic E-state index is 12.3. The summed E-state index contributed by atoms with van der Waals surface area (Å²) in [4.78, 5) is 7.79. The summed E-state index contributed by atoms with van der Waals surface area (Å²) in [5.74, 6) is -0.467. The van der Waals surface area contributed by atoms with Gasteiger partial charge in [0, 0.05) is 18.0 Å². The smallest absolute Gasteiger partial charge is 0.405 e. The van der Waals surface area contributed by atoms with E-state index in [0.717, 1.165) is 11.6 Å². The van der Waals surface area contributed by atoms with Crippen LogP contribution in [0.15, 0.2) is 36.7 Å². The van der Waals surface area contributed by atoms with Gasteiger partial charge in [0.25, 0.3) is 0 Å². The Labute approximate surface area is 112 Å². The van der Waals surface area contributed by atoms with Gasteiger partial charge in [0.1, 0.15) is 11.9 Å². The van der Waals surface area contributed by atoms with Crippen molar-refractivity contribution in [2.24, 2.45) is 0 Å². The van der Waals surface area contributed by atoms with Crippen LogP contribution in [0.25, 0.3) is 0 Å². The van der Waals surface area contributed by atoms with Crippen LogP contribution in [-0.2, 0) is 0 Å². The molecule has 0 amide bonds. The summed E-state index contributed by atoms with van der Waals surface area (Å²) in [6.45, 7) is 1.76. The van der Waals surface area contributed by atoms with E-state index in [1.54, 1.807) is 6.92 Å². The fraction of sp³-hybridized carbons (Fsp3) is 0.231. The zero-order valence-corrected chi connectivity index (χ0v) is 10.4. The van der Waals surface area contributed by atoms with E-state index in [9.17, 15) is 18.3 Å². The van der Waals surface area contributed by atoms with Crippen LogP contribution in [0, 0.1) is 6.92 Å². The van der Waals surface area contributed by atoms with Gasteiger partial charge >= 0.3 is 6.36 Å². The first-order valence-electron chi connectivity index (χ1n) is 5.68. The Morgan fingerprint density at radius 1 is 1.15 bits per heavy atom. The number of benzene rings is 1. The van der Waals surface area contributed by atoms with Gasteiger partial charge in [-0.2, -0.15) is 0 Å². The number of para-hydroxylation sites is 1. The van der Waals surface area contributed by atoms with Gasteiger partial charge < -0.3 is 9.84 Å². The Bertz CT molecular complexity index is 585. The lowest BCUT2D eigenvalue weighted by molar-refractivity contribution is -0.275. The number of nitrogens with zero attached hydrogens (tertiary/aromatic N) is 2. The summed E-state index contributed by atoms with van der Waals surface area (Å²) in [5.41, 5.74) is 0.731. The Morgan fingerprint density at radius 2 is 1.75 bits per heavy atom. The molecule has 1 heterocycles.